The fraction of sp³-hybridized carbons (Fsp3) is 0.467. The molecule has 0 aromatic heterocycles. The Bertz CT molecular complexity index is 472. The Morgan fingerprint density at radius 2 is 2.20 bits per heavy atom. The number of hydrogen-bond donors (Lipinski definition) is 3. The largest absolute Gasteiger partial charge is 0.338 e. The molecule has 1 unspecified atom stereocenters. The summed E-state index contributed by atoms with van der Waals surface area (Å²) in [7, 11) is 0. The number of urea groups is 1. The Hall–Kier alpha value is -2.06. The van der Waals surface area contributed by atoms with Crippen molar-refractivity contribution in [3.8, 4) is 6.07 Å². The molecule has 106 valence electrons. The molecule has 1 atom stereocenters. The number of carbonyl (C=O) groups excluding carboxylic acids is 1. The summed E-state index contributed by atoms with van der Waals surface area (Å²) >= 11 is 0. The highest BCUT2D eigenvalue weighted by molar-refractivity contribution is 5.89. The number of carbonyl (C=O) groups is 1. The number of piperidine rings is 1. The summed E-state index contributed by atoms with van der Waals surface area (Å²) in [6.45, 7) is 2.86. The van der Waals surface area contributed by atoms with E-state index < -0.39 is 0 Å². The van der Waals surface area contributed by atoms with Crippen LogP contribution in [0.1, 0.15) is 24.8 Å². The van der Waals surface area contributed by atoms with Crippen LogP contribution in [-0.2, 0) is 0 Å². The zero-order valence-corrected chi connectivity index (χ0v) is 11.5. The molecule has 1 heterocycles. The second kappa shape index (κ2) is 7.51. The molecular weight excluding hydrogens is 252 g/mol. The Morgan fingerprint density at radius 3 is 2.85 bits per heavy atom. The van der Waals surface area contributed by atoms with E-state index in [-0.39, 0.29) is 6.03 Å². The molecule has 3 N–H and O–H groups in total. The van der Waals surface area contributed by atoms with Crippen LogP contribution in [0.3, 0.4) is 0 Å². The van der Waals surface area contributed by atoms with Gasteiger partial charge in [-0.05, 0) is 62.5 Å². The summed E-state index contributed by atoms with van der Waals surface area (Å²) < 4.78 is 0. The van der Waals surface area contributed by atoms with Gasteiger partial charge >= 0.3 is 6.03 Å². The van der Waals surface area contributed by atoms with Crippen LogP contribution in [-0.4, -0.2) is 25.7 Å². The van der Waals surface area contributed by atoms with Gasteiger partial charge in [0.15, 0.2) is 0 Å². The molecule has 2 rings (SSSR count). The second-order valence-electron chi connectivity index (χ2n) is 5.07. The molecule has 0 radical (unpaired) electrons. The van der Waals surface area contributed by atoms with Crippen LogP contribution in [0.15, 0.2) is 24.3 Å². The van der Waals surface area contributed by atoms with Gasteiger partial charge in [0.1, 0.15) is 0 Å². The first-order chi connectivity index (χ1) is 9.78. The van der Waals surface area contributed by atoms with E-state index in [2.05, 4.69) is 16.0 Å². The third kappa shape index (κ3) is 4.56. The van der Waals surface area contributed by atoms with E-state index in [9.17, 15) is 4.79 Å². The van der Waals surface area contributed by atoms with Crippen LogP contribution in [0, 0.1) is 17.2 Å². The van der Waals surface area contributed by atoms with Gasteiger partial charge in [0.2, 0.25) is 0 Å². The van der Waals surface area contributed by atoms with Crippen molar-refractivity contribution in [2.24, 2.45) is 5.92 Å². The van der Waals surface area contributed by atoms with Crippen molar-refractivity contribution in [2.45, 2.75) is 19.3 Å². The van der Waals surface area contributed by atoms with Crippen molar-refractivity contribution < 1.29 is 4.79 Å². The van der Waals surface area contributed by atoms with Gasteiger partial charge in [-0.2, -0.15) is 5.26 Å². The quantitative estimate of drug-likeness (QED) is 0.785. The van der Waals surface area contributed by atoms with Gasteiger partial charge in [0.05, 0.1) is 11.6 Å². The van der Waals surface area contributed by atoms with Crippen molar-refractivity contribution in [1.82, 2.24) is 10.6 Å². The van der Waals surface area contributed by atoms with E-state index in [4.69, 9.17) is 5.26 Å². The summed E-state index contributed by atoms with van der Waals surface area (Å²) in [5, 5.41) is 17.7. The summed E-state index contributed by atoms with van der Waals surface area (Å²) in [5.41, 5.74) is 1.28. The molecule has 0 bridgehead atoms. The maximum atomic E-state index is 11.7. The zero-order valence-electron chi connectivity index (χ0n) is 11.5. The minimum absolute atomic E-state index is 0.196. The molecule has 1 saturated heterocycles. The Kier molecular flexibility index (Phi) is 5.39. The number of nitrogens with zero attached hydrogens (tertiary/aromatic N) is 1. The lowest BCUT2D eigenvalue weighted by Gasteiger charge is -2.22. The van der Waals surface area contributed by atoms with Crippen LogP contribution in [0.25, 0.3) is 0 Å². The molecule has 1 aromatic carbocycles. The number of hydrogen-bond acceptors (Lipinski definition) is 3. The molecule has 1 aliphatic rings. The predicted octanol–water partition coefficient (Wildman–Crippen LogP) is 2.07. The van der Waals surface area contributed by atoms with Crippen molar-refractivity contribution >= 4 is 11.7 Å². The first-order valence-electron chi connectivity index (χ1n) is 7.03. The minimum atomic E-state index is -0.196. The maximum absolute atomic E-state index is 11.7. The molecule has 1 aliphatic heterocycles. The minimum Gasteiger partial charge on any atom is -0.338 e. The van der Waals surface area contributed by atoms with Crippen molar-refractivity contribution in [3.63, 3.8) is 0 Å². The summed E-state index contributed by atoms with van der Waals surface area (Å²) in [4.78, 5) is 11.7. The highest BCUT2D eigenvalue weighted by atomic mass is 16.2. The highest BCUT2D eigenvalue weighted by Crippen LogP contribution is 2.13. The molecular formula is C15H20N4O. The molecule has 1 aromatic rings. The van der Waals surface area contributed by atoms with E-state index in [1.54, 1.807) is 24.3 Å². The predicted molar refractivity (Wildman–Crippen MR) is 78.4 cm³/mol. The third-order valence-corrected chi connectivity index (χ3v) is 3.51. The molecule has 0 saturated carbocycles. The van der Waals surface area contributed by atoms with E-state index in [1.807, 2.05) is 6.07 Å². The smallest absolute Gasteiger partial charge is 0.319 e. The van der Waals surface area contributed by atoms with E-state index in [0.29, 0.717) is 23.7 Å². The average molecular weight is 272 g/mol. The number of benzene rings is 1. The van der Waals surface area contributed by atoms with Gasteiger partial charge in [-0.3, -0.25) is 0 Å². The fourth-order valence-corrected chi connectivity index (χ4v) is 2.36. The number of amides is 2. The van der Waals surface area contributed by atoms with Crippen molar-refractivity contribution in [1.29, 1.82) is 5.26 Å². The molecule has 0 aliphatic carbocycles. The number of nitriles is 1. The Labute approximate surface area is 119 Å². The van der Waals surface area contributed by atoms with Crippen LogP contribution in [0.2, 0.25) is 0 Å². The number of anilines is 1. The first kappa shape index (κ1) is 14.4. The fourth-order valence-electron chi connectivity index (χ4n) is 2.36. The van der Waals surface area contributed by atoms with Gasteiger partial charge in [-0.25, -0.2) is 4.79 Å². The molecule has 5 heteroatoms. The molecule has 1 fully saturated rings. The molecule has 5 nitrogen and oxygen atoms in total. The second-order valence-corrected chi connectivity index (χ2v) is 5.07. The average Bonchev–Trinajstić information content (AvgIpc) is 2.49. The van der Waals surface area contributed by atoms with Crippen molar-refractivity contribution in [2.75, 3.05) is 25.0 Å². The lowest BCUT2D eigenvalue weighted by atomic mass is 9.96. The van der Waals surface area contributed by atoms with Crippen LogP contribution >= 0.6 is 0 Å². The lowest BCUT2D eigenvalue weighted by Crippen LogP contribution is -2.34. The van der Waals surface area contributed by atoms with Crippen LogP contribution in [0.5, 0.6) is 0 Å². The normalized spacial score (nSPS) is 18.1. The molecule has 0 spiro atoms. The number of nitrogens with one attached hydrogen (secondary N) is 3. The first-order valence-corrected chi connectivity index (χ1v) is 7.03. The van der Waals surface area contributed by atoms with Crippen LogP contribution < -0.4 is 16.0 Å². The maximum Gasteiger partial charge on any atom is 0.319 e. The zero-order chi connectivity index (χ0) is 14.2. The topological polar surface area (TPSA) is 77.0 Å². The third-order valence-electron chi connectivity index (χ3n) is 3.51. The molecule has 20 heavy (non-hydrogen) atoms. The SMILES string of the molecule is N#Cc1ccc(NC(=O)NCCC2CCCNC2)cc1. The Morgan fingerprint density at radius 1 is 1.40 bits per heavy atom. The van der Waals surface area contributed by atoms with E-state index in [0.717, 1.165) is 19.5 Å². The molecule has 2 amide bonds. The van der Waals surface area contributed by atoms with E-state index in [1.165, 1.54) is 12.8 Å². The Balaban J connectivity index is 1.68. The van der Waals surface area contributed by atoms with E-state index >= 15 is 0 Å². The summed E-state index contributed by atoms with van der Waals surface area (Å²) in [6, 6.07) is 8.67. The lowest BCUT2D eigenvalue weighted by molar-refractivity contribution is 0.250. The monoisotopic (exact) mass is 272 g/mol. The van der Waals surface area contributed by atoms with Crippen LogP contribution in [0.4, 0.5) is 10.5 Å². The van der Waals surface area contributed by atoms with Gasteiger partial charge in [-0.15, -0.1) is 0 Å². The van der Waals surface area contributed by atoms with Gasteiger partial charge in [-0.1, -0.05) is 0 Å². The number of rotatable bonds is 4. The summed E-state index contributed by atoms with van der Waals surface area (Å²) in [6.07, 6.45) is 3.47. The van der Waals surface area contributed by atoms with Gasteiger partial charge in [0, 0.05) is 12.2 Å². The highest BCUT2D eigenvalue weighted by Gasteiger charge is 2.12. The standard InChI is InChI=1S/C15H20N4O/c16-10-12-3-5-14(6-4-12)19-15(20)18-9-7-13-2-1-8-17-11-13/h3-6,13,17H,1-2,7-9,11H2,(H2,18,19,20). The van der Waals surface area contributed by atoms with Gasteiger partial charge < -0.3 is 16.0 Å². The van der Waals surface area contributed by atoms with Gasteiger partial charge in [0.25, 0.3) is 0 Å². The summed E-state index contributed by atoms with van der Waals surface area (Å²) in [5.74, 6) is 0.666. The van der Waals surface area contributed by atoms with Crippen molar-refractivity contribution in [3.05, 3.63) is 29.8 Å².